The molecule has 0 fully saturated rings. The number of benzene rings is 1. The SMILES string of the molecule is CCOC(=O)NC(=O)CSc1nc2ccccc2c(=O)n1CCCCCCC(C)C. The molecular weight excluding hydrogens is 402 g/mol. The van der Waals surface area contributed by atoms with Crippen LogP contribution in [-0.4, -0.2) is 33.9 Å². The Morgan fingerprint density at radius 1 is 1.17 bits per heavy atom. The number of nitrogens with zero attached hydrogens (tertiary/aromatic N) is 2. The molecule has 0 aliphatic carbocycles. The van der Waals surface area contributed by atoms with Crippen LogP contribution in [0.15, 0.2) is 34.2 Å². The van der Waals surface area contributed by atoms with Crippen LogP contribution in [0.25, 0.3) is 10.9 Å². The van der Waals surface area contributed by atoms with Crippen LogP contribution in [0.2, 0.25) is 0 Å². The standard InChI is InChI=1S/C22H31N3O4S/c1-4-29-22(28)24-19(26)15-30-21-23-18-13-9-8-12-17(18)20(27)25(21)14-10-6-5-7-11-16(2)3/h8-9,12-13,16H,4-7,10-11,14-15H2,1-3H3,(H,24,26,28). The third kappa shape index (κ3) is 7.48. The van der Waals surface area contributed by atoms with Gasteiger partial charge in [0.25, 0.3) is 5.56 Å². The summed E-state index contributed by atoms with van der Waals surface area (Å²) >= 11 is 1.15. The smallest absolute Gasteiger partial charge is 0.413 e. The van der Waals surface area contributed by atoms with Gasteiger partial charge in [0.1, 0.15) is 0 Å². The summed E-state index contributed by atoms with van der Waals surface area (Å²) in [6.07, 6.45) is 4.69. The highest BCUT2D eigenvalue weighted by Gasteiger charge is 2.14. The highest BCUT2D eigenvalue weighted by atomic mass is 32.2. The van der Waals surface area contributed by atoms with Crippen molar-refractivity contribution in [3.8, 4) is 0 Å². The zero-order valence-corrected chi connectivity index (χ0v) is 18.8. The Balaban J connectivity index is 2.08. The fourth-order valence-corrected chi connectivity index (χ4v) is 3.90. The number of aromatic nitrogens is 2. The number of alkyl carbamates (subject to hydrolysis) is 1. The van der Waals surface area contributed by atoms with E-state index in [2.05, 4.69) is 24.1 Å². The van der Waals surface area contributed by atoms with Gasteiger partial charge in [0.05, 0.1) is 23.3 Å². The Hall–Kier alpha value is -2.35. The van der Waals surface area contributed by atoms with Gasteiger partial charge in [-0.25, -0.2) is 9.78 Å². The summed E-state index contributed by atoms with van der Waals surface area (Å²) in [6.45, 7) is 6.86. The number of carbonyl (C=O) groups is 2. The van der Waals surface area contributed by atoms with Gasteiger partial charge in [-0.3, -0.25) is 19.5 Å². The number of imide groups is 1. The van der Waals surface area contributed by atoms with Crippen molar-refractivity contribution in [3.05, 3.63) is 34.6 Å². The number of hydrogen-bond acceptors (Lipinski definition) is 6. The van der Waals surface area contributed by atoms with E-state index >= 15 is 0 Å². The molecule has 2 rings (SSSR count). The summed E-state index contributed by atoms with van der Waals surface area (Å²) in [4.78, 5) is 41.0. The lowest BCUT2D eigenvalue weighted by Gasteiger charge is -2.13. The predicted molar refractivity (Wildman–Crippen MR) is 120 cm³/mol. The minimum absolute atomic E-state index is 0.0298. The van der Waals surface area contributed by atoms with E-state index in [0.29, 0.717) is 28.5 Å². The molecule has 1 aromatic carbocycles. The predicted octanol–water partition coefficient (Wildman–Crippen LogP) is 4.37. The van der Waals surface area contributed by atoms with E-state index in [-0.39, 0.29) is 17.9 Å². The highest BCUT2D eigenvalue weighted by molar-refractivity contribution is 7.99. The van der Waals surface area contributed by atoms with Gasteiger partial charge in [-0.05, 0) is 31.4 Å². The lowest BCUT2D eigenvalue weighted by Crippen LogP contribution is -2.32. The molecular formula is C22H31N3O4S. The number of ether oxygens (including phenoxy) is 1. The number of amides is 2. The third-order valence-electron chi connectivity index (χ3n) is 4.59. The van der Waals surface area contributed by atoms with Gasteiger partial charge in [-0.2, -0.15) is 0 Å². The molecule has 1 aromatic heterocycles. The van der Waals surface area contributed by atoms with Crippen LogP contribution in [0.3, 0.4) is 0 Å². The molecule has 7 nitrogen and oxygen atoms in total. The van der Waals surface area contributed by atoms with Gasteiger partial charge in [0.15, 0.2) is 5.16 Å². The first-order valence-electron chi connectivity index (χ1n) is 10.5. The van der Waals surface area contributed by atoms with E-state index in [9.17, 15) is 14.4 Å². The van der Waals surface area contributed by atoms with E-state index in [0.717, 1.165) is 31.0 Å². The van der Waals surface area contributed by atoms with Crippen molar-refractivity contribution in [2.45, 2.75) is 64.6 Å². The second-order valence-corrected chi connectivity index (χ2v) is 8.46. The summed E-state index contributed by atoms with van der Waals surface area (Å²) in [5.74, 6) is 0.194. The first-order valence-corrected chi connectivity index (χ1v) is 11.5. The van der Waals surface area contributed by atoms with Crippen LogP contribution in [0.4, 0.5) is 4.79 Å². The molecule has 8 heteroatoms. The lowest BCUT2D eigenvalue weighted by molar-refractivity contribution is -0.117. The minimum Gasteiger partial charge on any atom is -0.450 e. The van der Waals surface area contributed by atoms with Crippen LogP contribution in [0.5, 0.6) is 0 Å². The molecule has 0 radical (unpaired) electrons. The maximum Gasteiger partial charge on any atom is 0.413 e. The normalized spacial score (nSPS) is 11.1. The molecule has 2 amide bonds. The Morgan fingerprint density at radius 3 is 2.63 bits per heavy atom. The van der Waals surface area contributed by atoms with Crippen molar-refractivity contribution in [1.29, 1.82) is 0 Å². The average molecular weight is 434 g/mol. The number of para-hydroxylation sites is 1. The van der Waals surface area contributed by atoms with Crippen LogP contribution in [-0.2, 0) is 16.1 Å². The number of fused-ring (bicyclic) bond motifs is 1. The number of nitrogens with one attached hydrogen (secondary N) is 1. The zero-order valence-electron chi connectivity index (χ0n) is 18.0. The van der Waals surface area contributed by atoms with Crippen LogP contribution >= 0.6 is 11.8 Å². The number of carbonyl (C=O) groups excluding carboxylic acids is 2. The molecule has 1 N–H and O–H groups in total. The third-order valence-corrected chi connectivity index (χ3v) is 5.57. The monoisotopic (exact) mass is 433 g/mol. The van der Waals surface area contributed by atoms with E-state index in [1.165, 1.54) is 12.8 Å². The van der Waals surface area contributed by atoms with Crippen LogP contribution in [0, 0.1) is 5.92 Å². The van der Waals surface area contributed by atoms with Gasteiger partial charge in [0, 0.05) is 6.54 Å². The second-order valence-electron chi connectivity index (χ2n) is 7.52. The van der Waals surface area contributed by atoms with Gasteiger partial charge in [0.2, 0.25) is 5.91 Å². The van der Waals surface area contributed by atoms with Crippen molar-refractivity contribution < 1.29 is 14.3 Å². The summed E-state index contributed by atoms with van der Waals surface area (Å²) in [5.41, 5.74) is 0.500. The first kappa shape index (κ1) is 23.9. The fraction of sp³-hybridized carbons (Fsp3) is 0.545. The van der Waals surface area contributed by atoms with Crippen molar-refractivity contribution >= 4 is 34.7 Å². The van der Waals surface area contributed by atoms with Gasteiger partial charge in [-0.1, -0.05) is 63.4 Å². The second kappa shape index (κ2) is 12.4. The van der Waals surface area contributed by atoms with Gasteiger partial charge in [-0.15, -0.1) is 0 Å². The molecule has 2 aromatic rings. The first-order chi connectivity index (χ1) is 14.4. The Morgan fingerprint density at radius 2 is 1.90 bits per heavy atom. The fourth-order valence-electron chi connectivity index (χ4n) is 3.08. The van der Waals surface area contributed by atoms with Crippen LogP contribution in [0.1, 0.15) is 52.9 Å². The molecule has 0 aliphatic heterocycles. The van der Waals surface area contributed by atoms with Gasteiger partial charge >= 0.3 is 6.09 Å². The molecule has 0 unspecified atom stereocenters. The molecule has 164 valence electrons. The topological polar surface area (TPSA) is 90.3 Å². The summed E-state index contributed by atoms with van der Waals surface area (Å²) in [6, 6.07) is 7.21. The number of hydrogen-bond donors (Lipinski definition) is 1. The largest absolute Gasteiger partial charge is 0.450 e. The van der Waals surface area contributed by atoms with E-state index in [4.69, 9.17) is 4.74 Å². The molecule has 0 saturated heterocycles. The zero-order chi connectivity index (χ0) is 21.9. The van der Waals surface area contributed by atoms with Crippen molar-refractivity contribution in [2.24, 2.45) is 5.92 Å². The number of unbranched alkanes of at least 4 members (excludes halogenated alkanes) is 3. The van der Waals surface area contributed by atoms with Crippen molar-refractivity contribution in [3.63, 3.8) is 0 Å². The summed E-state index contributed by atoms with van der Waals surface area (Å²) in [7, 11) is 0. The molecule has 0 aliphatic rings. The van der Waals surface area contributed by atoms with Crippen molar-refractivity contribution in [1.82, 2.24) is 14.9 Å². The summed E-state index contributed by atoms with van der Waals surface area (Å²) < 4.78 is 6.36. The number of thioether (sulfide) groups is 1. The Labute approximate surface area is 181 Å². The molecule has 1 heterocycles. The average Bonchev–Trinajstić information content (AvgIpc) is 2.70. The van der Waals surface area contributed by atoms with Crippen LogP contribution < -0.4 is 10.9 Å². The number of rotatable bonds is 11. The van der Waals surface area contributed by atoms with Crippen molar-refractivity contribution in [2.75, 3.05) is 12.4 Å². The van der Waals surface area contributed by atoms with E-state index in [1.54, 1.807) is 23.6 Å². The minimum atomic E-state index is -0.770. The maximum atomic E-state index is 13.0. The van der Waals surface area contributed by atoms with E-state index < -0.39 is 12.0 Å². The molecule has 0 atom stereocenters. The molecule has 0 saturated carbocycles. The van der Waals surface area contributed by atoms with Gasteiger partial charge < -0.3 is 4.74 Å². The maximum absolute atomic E-state index is 13.0. The van der Waals surface area contributed by atoms with E-state index in [1.807, 2.05) is 12.1 Å². The Bertz CT molecular complexity index is 911. The summed E-state index contributed by atoms with van der Waals surface area (Å²) in [5, 5.41) is 3.21. The lowest BCUT2D eigenvalue weighted by atomic mass is 10.0. The highest BCUT2D eigenvalue weighted by Crippen LogP contribution is 2.19. The molecule has 30 heavy (non-hydrogen) atoms. The molecule has 0 bridgehead atoms. The molecule has 0 spiro atoms. The quantitative estimate of drug-likeness (QED) is 0.321. The Kier molecular flexibility index (Phi) is 9.86.